The summed E-state index contributed by atoms with van der Waals surface area (Å²) < 4.78 is 0. The molecule has 0 spiro atoms. The summed E-state index contributed by atoms with van der Waals surface area (Å²) in [6.07, 6.45) is 2.58. The molecular weight excluding hydrogens is 208 g/mol. The number of para-hydroxylation sites is 1. The Balaban J connectivity index is 0.000000136. The first kappa shape index (κ1) is 11.7. The van der Waals surface area contributed by atoms with Gasteiger partial charge in [0.2, 0.25) is 0 Å². The van der Waals surface area contributed by atoms with Crippen molar-refractivity contribution in [3.05, 3.63) is 65.7 Å². The fourth-order valence-corrected chi connectivity index (χ4v) is 2.21. The van der Waals surface area contributed by atoms with E-state index in [0.29, 0.717) is 5.75 Å². The van der Waals surface area contributed by atoms with Crippen LogP contribution in [0.2, 0.25) is 0 Å². The minimum atomic E-state index is 0.322. The second-order valence-electron chi connectivity index (χ2n) is 4.62. The van der Waals surface area contributed by atoms with E-state index < -0.39 is 0 Å². The van der Waals surface area contributed by atoms with Crippen molar-refractivity contribution in [3.8, 4) is 5.75 Å². The van der Waals surface area contributed by atoms with E-state index in [2.05, 4.69) is 31.2 Å². The van der Waals surface area contributed by atoms with Crippen LogP contribution in [0.25, 0.3) is 0 Å². The zero-order valence-corrected chi connectivity index (χ0v) is 10.1. The van der Waals surface area contributed by atoms with Crippen LogP contribution in [0, 0.1) is 5.92 Å². The number of benzene rings is 2. The monoisotopic (exact) mass is 226 g/mol. The van der Waals surface area contributed by atoms with Gasteiger partial charge in [0.1, 0.15) is 5.75 Å². The van der Waals surface area contributed by atoms with Crippen molar-refractivity contribution in [1.82, 2.24) is 0 Å². The SMILES string of the molecule is CC1Cc2ccccc2C1.Oc1ccccc1. The summed E-state index contributed by atoms with van der Waals surface area (Å²) in [7, 11) is 0. The van der Waals surface area contributed by atoms with Crippen LogP contribution < -0.4 is 0 Å². The van der Waals surface area contributed by atoms with Crippen molar-refractivity contribution in [2.24, 2.45) is 5.92 Å². The van der Waals surface area contributed by atoms with E-state index in [1.807, 2.05) is 6.07 Å². The van der Waals surface area contributed by atoms with Gasteiger partial charge in [0.25, 0.3) is 0 Å². The molecule has 3 rings (SSSR count). The first-order chi connectivity index (χ1) is 8.25. The molecule has 1 N–H and O–H groups in total. The minimum Gasteiger partial charge on any atom is -0.508 e. The zero-order chi connectivity index (χ0) is 12.1. The summed E-state index contributed by atoms with van der Waals surface area (Å²) in [5.74, 6) is 1.19. The number of hydrogen-bond donors (Lipinski definition) is 1. The molecule has 0 amide bonds. The summed E-state index contributed by atoms with van der Waals surface area (Å²) in [5.41, 5.74) is 3.13. The Kier molecular flexibility index (Phi) is 3.81. The van der Waals surface area contributed by atoms with E-state index >= 15 is 0 Å². The number of fused-ring (bicyclic) bond motifs is 1. The summed E-state index contributed by atoms with van der Waals surface area (Å²) in [6, 6.07) is 17.5. The molecular formula is C16H18O. The maximum atomic E-state index is 8.63. The van der Waals surface area contributed by atoms with Gasteiger partial charge in [0.15, 0.2) is 0 Å². The van der Waals surface area contributed by atoms with E-state index in [0.717, 1.165) is 5.92 Å². The third kappa shape index (κ3) is 3.35. The van der Waals surface area contributed by atoms with Gasteiger partial charge in [-0.3, -0.25) is 0 Å². The topological polar surface area (TPSA) is 20.2 Å². The maximum absolute atomic E-state index is 8.63. The quantitative estimate of drug-likeness (QED) is 0.724. The third-order valence-corrected chi connectivity index (χ3v) is 3.01. The highest BCUT2D eigenvalue weighted by Gasteiger charge is 2.15. The fraction of sp³-hybridized carbons (Fsp3) is 0.250. The summed E-state index contributed by atoms with van der Waals surface area (Å²) >= 11 is 0. The van der Waals surface area contributed by atoms with Gasteiger partial charge in [-0.05, 0) is 42.0 Å². The average molecular weight is 226 g/mol. The first-order valence-corrected chi connectivity index (χ1v) is 6.06. The number of phenolic OH excluding ortho intramolecular Hbond substituents is 1. The molecule has 0 aromatic heterocycles. The number of hydrogen-bond acceptors (Lipinski definition) is 1. The Hall–Kier alpha value is -1.76. The van der Waals surface area contributed by atoms with E-state index in [4.69, 9.17) is 5.11 Å². The smallest absolute Gasteiger partial charge is 0.115 e. The molecule has 2 aromatic carbocycles. The first-order valence-electron chi connectivity index (χ1n) is 6.06. The fourth-order valence-electron chi connectivity index (χ4n) is 2.21. The molecule has 0 saturated heterocycles. The van der Waals surface area contributed by atoms with Gasteiger partial charge in [-0.2, -0.15) is 0 Å². The van der Waals surface area contributed by atoms with Gasteiger partial charge in [0, 0.05) is 0 Å². The van der Waals surface area contributed by atoms with Crippen LogP contribution >= 0.6 is 0 Å². The lowest BCUT2D eigenvalue weighted by Crippen LogP contribution is -1.89. The zero-order valence-electron chi connectivity index (χ0n) is 10.1. The molecule has 0 bridgehead atoms. The highest BCUT2D eigenvalue weighted by molar-refractivity contribution is 5.31. The Bertz CT molecular complexity index is 437. The predicted octanol–water partition coefficient (Wildman–Crippen LogP) is 3.81. The Morgan fingerprint density at radius 1 is 0.824 bits per heavy atom. The minimum absolute atomic E-state index is 0.322. The molecule has 88 valence electrons. The second-order valence-corrected chi connectivity index (χ2v) is 4.62. The van der Waals surface area contributed by atoms with Gasteiger partial charge >= 0.3 is 0 Å². The van der Waals surface area contributed by atoms with Gasteiger partial charge in [-0.15, -0.1) is 0 Å². The molecule has 0 fully saturated rings. The largest absolute Gasteiger partial charge is 0.508 e. The van der Waals surface area contributed by atoms with E-state index in [9.17, 15) is 0 Å². The Morgan fingerprint density at radius 2 is 1.29 bits per heavy atom. The molecule has 2 aromatic rings. The lowest BCUT2D eigenvalue weighted by atomic mass is 10.1. The maximum Gasteiger partial charge on any atom is 0.115 e. The molecule has 1 aliphatic rings. The Labute approximate surface area is 103 Å². The van der Waals surface area contributed by atoms with E-state index in [1.54, 1.807) is 35.4 Å². The van der Waals surface area contributed by atoms with Crippen molar-refractivity contribution in [2.45, 2.75) is 19.8 Å². The molecule has 0 atom stereocenters. The summed E-state index contributed by atoms with van der Waals surface area (Å²) in [4.78, 5) is 0. The van der Waals surface area contributed by atoms with Crippen LogP contribution in [-0.4, -0.2) is 5.11 Å². The van der Waals surface area contributed by atoms with Crippen molar-refractivity contribution in [2.75, 3.05) is 0 Å². The van der Waals surface area contributed by atoms with Gasteiger partial charge in [-0.1, -0.05) is 49.4 Å². The lowest BCUT2D eigenvalue weighted by Gasteiger charge is -1.93. The van der Waals surface area contributed by atoms with Crippen LogP contribution in [0.3, 0.4) is 0 Å². The molecule has 0 aliphatic heterocycles. The van der Waals surface area contributed by atoms with Crippen LogP contribution in [-0.2, 0) is 12.8 Å². The van der Waals surface area contributed by atoms with Crippen molar-refractivity contribution in [3.63, 3.8) is 0 Å². The van der Waals surface area contributed by atoms with E-state index in [1.165, 1.54) is 12.8 Å². The average Bonchev–Trinajstić information content (AvgIpc) is 2.71. The molecule has 17 heavy (non-hydrogen) atoms. The predicted molar refractivity (Wildman–Crippen MR) is 71.1 cm³/mol. The third-order valence-electron chi connectivity index (χ3n) is 3.01. The van der Waals surface area contributed by atoms with Crippen molar-refractivity contribution >= 4 is 0 Å². The van der Waals surface area contributed by atoms with Gasteiger partial charge in [-0.25, -0.2) is 0 Å². The summed E-state index contributed by atoms with van der Waals surface area (Å²) in [5, 5.41) is 8.63. The molecule has 0 saturated carbocycles. The number of phenols is 1. The molecule has 0 heterocycles. The van der Waals surface area contributed by atoms with Crippen LogP contribution in [0.4, 0.5) is 0 Å². The summed E-state index contributed by atoms with van der Waals surface area (Å²) in [6.45, 7) is 2.32. The van der Waals surface area contributed by atoms with Gasteiger partial charge < -0.3 is 5.11 Å². The van der Waals surface area contributed by atoms with Gasteiger partial charge in [0.05, 0.1) is 0 Å². The van der Waals surface area contributed by atoms with Crippen LogP contribution in [0.15, 0.2) is 54.6 Å². The second kappa shape index (κ2) is 5.53. The Morgan fingerprint density at radius 3 is 1.71 bits per heavy atom. The number of aromatic hydroxyl groups is 1. The highest BCUT2D eigenvalue weighted by Crippen LogP contribution is 2.25. The molecule has 1 aliphatic carbocycles. The standard InChI is InChI=1S/C10H12.C6H6O/c1-8-6-9-4-2-3-5-10(9)7-8;7-6-4-2-1-3-5-6/h2-5,8H,6-7H2,1H3;1-5,7H. The molecule has 0 unspecified atom stereocenters. The van der Waals surface area contributed by atoms with E-state index in [-0.39, 0.29) is 0 Å². The highest BCUT2D eigenvalue weighted by atomic mass is 16.3. The number of rotatable bonds is 0. The van der Waals surface area contributed by atoms with Crippen molar-refractivity contribution in [1.29, 1.82) is 0 Å². The van der Waals surface area contributed by atoms with Crippen LogP contribution in [0.5, 0.6) is 5.75 Å². The lowest BCUT2D eigenvalue weighted by molar-refractivity contribution is 0.475. The molecule has 1 nitrogen and oxygen atoms in total. The van der Waals surface area contributed by atoms with Crippen molar-refractivity contribution < 1.29 is 5.11 Å². The van der Waals surface area contributed by atoms with Crippen LogP contribution in [0.1, 0.15) is 18.1 Å². The molecule has 1 heteroatoms. The normalized spacial score (nSPS) is 13.7. The molecule has 0 radical (unpaired) electrons.